The summed E-state index contributed by atoms with van der Waals surface area (Å²) in [5, 5.41) is 9.08. The van der Waals surface area contributed by atoms with E-state index < -0.39 is 29.7 Å². The lowest BCUT2D eigenvalue weighted by Gasteiger charge is -2.33. The fourth-order valence-corrected chi connectivity index (χ4v) is 8.62. The van der Waals surface area contributed by atoms with Crippen LogP contribution in [0.25, 0.3) is 10.9 Å². The summed E-state index contributed by atoms with van der Waals surface area (Å²) in [5.41, 5.74) is 1.45. The third-order valence-corrected chi connectivity index (χ3v) is 12.0. The number of likely N-dealkylation sites (N-methyl/N-ethyl adjacent to an activating group) is 2. The van der Waals surface area contributed by atoms with Crippen molar-refractivity contribution < 1.29 is 38.2 Å². The van der Waals surface area contributed by atoms with Gasteiger partial charge in [-0.05, 0) is 89.0 Å². The zero-order chi connectivity index (χ0) is 43.8. The van der Waals surface area contributed by atoms with Crippen molar-refractivity contribution in [2.24, 2.45) is 0 Å². The average Bonchev–Trinajstić information content (AvgIpc) is 3.72. The fraction of sp³-hybridized carbons (Fsp3) is 0.442. The fourth-order valence-electron chi connectivity index (χ4n) is 8.48. The van der Waals surface area contributed by atoms with Gasteiger partial charge in [-0.1, -0.05) is 11.6 Å². The molecule has 3 fully saturated rings. The van der Waals surface area contributed by atoms with Gasteiger partial charge in [-0.2, -0.15) is 4.98 Å². The quantitative estimate of drug-likeness (QED) is 0.165. The van der Waals surface area contributed by atoms with Crippen LogP contribution in [0.2, 0.25) is 5.02 Å². The Morgan fingerprint density at radius 1 is 0.968 bits per heavy atom. The summed E-state index contributed by atoms with van der Waals surface area (Å²) in [5.74, 6) is -1.07. The van der Waals surface area contributed by atoms with Crippen molar-refractivity contribution in [1.29, 1.82) is 0 Å². The third-order valence-electron chi connectivity index (χ3n) is 11.8. The molecule has 6 heterocycles. The predicted octanol–water partition coefficient (Wildman–Crippen LogP) is 3.43. The van der Waals surface area contributed by atoms with Crippen LogP contribution in [-0.2, 0) is 19.1 Å². The van der Waals surface area contributed by atoms with Gasteiger partial charge in [-0.25, -0.2) is 4.98 Å². The van der Waals surface area contributed by atoms with Gasteiger partial charge in [0.1, 0.15) is 23.4 Å². The van der Waals surface area contributed by atoms with E-state index in [4.69, 9.17) is 30.8 Å². The van der Waals surface area contributed by atoms with Crippen molar-refractivity contribution in [3.05, 3.63) is 75.2 Å². The average molecular weight is 870 g/mol. The summed E-state index contributed by atoms with van der Waals surface area (Å²) in [6.45, 7) is 5.99. The molecule has 4 aliphatic rings. The number of nitrogens with zero attached hydrogens (tertiary/aromatic N) is 6. The molecule has 0 spiro atoms. The number of likely N-dealkylation sites (tertiary alicyclic amines) is 1. The first-order valence-electron chi connectivity index (χ1n) is 20.7. The van der Waals surface area contributed by atoms with Crippen molar-refractivity contribution in [2.45, 2.75) is 76.3 Å². The van der Waals surface area contributed by atoms with E-state index in [1.165, 1.54) is 7.05 Å². The number of carbonyl (C=O) groups excluding carboxylic acids is 5. The molecule has 0 aliphatic carbocycles. The maximum absolute atomic E-state index is 13.3. The van der Waals surface area contributed by atoms with Crippen LogP contribution in [0.5, 0.6) is 11.5 Å². The highest BCUT2D eigenvalue weighted by atomic mass is 35.5. The summed E-state index contributed by atoms with van der Waals surface area (Å²) in [6, 6.07) is 10.8. The molecule has 0 saturated carbocycles. The number of nitrogens with one attached hydrogen (secondary N) is 3. The first-order valence-corrected chi connectivity index (χ1v) is 21.1. The number of piperidine rings is 2. The first kappa shape index (κ1) is 42.6. The van der Waals surface area contributed by atoms with Gasteiger partial charge in [0.15, 0.2) is 18.2 Å². The molecule has 19 heteroatoms. The Kier molecular flexibility index (Phi) is 12.2. The number of benzene rings is 2. The lowest BCUT2D eigenvalue weighted by atomic mass is 10.0. The number of rotatable bonds is 13. The topological polar surface area (TPSA) is 207 Å². The lowest BCUT2D eigenvalue weighted by molar-refractivity contribution is -0.136. The number of imide groups is 2. The molecule has 3 atom stereocenters. The van der Waals surface area contributed by atoms with Crippen LogP contribution < -0.4 is 35.9 Å². The standard InChI is InChI=1S/C43H48ClN9O9/c1-23(2)52-33-8-5-25(15-24(33)16-35(42(52)59)61-22-37(55)45-3)47-38-32(44)19-46-43(49-38)51-13-11-27(12-14-51)62-29-17-26(50(4)20-29)21-60-28-6-7-30-31(18-28)41(58)53(40(30)57)34-9-10-36(54)48-39(34)56/h5-8,15-16,18-19,23,26-27,29,34H,9-14,17,20-22H2,1-4H3,(H,45,55)(H,46,47,49)(H,48,54,56)/t26-,29+,34?/m1/s1. The molecular formula is C43H48ClN9O9. The van der Waals surface area contributed by atoms with E-state index in [0.717, 1.165) is 36.1 Å². The van der Waals surface area contributed by atoms with Gasteiger partial charge in [0, 0.05) is 56.3 Å². The highest BCUT2D eigenvalue weighted by molar-refractivity contribution is 6.33. The Morgan fingerprint density at radius 3 is 2.48 bits per heavy atom. The van der Waals surface area contributed by atoms with Gasteiger partial charge in [-0.3, -0.25) is 43.9 Å². The number of fused-ring (bicyclic) bond motifs is 2. The van der Waals surface area contributed by atoms with Crippen molar-refractivity contribution >= 4 is 69.5 Å². The maximum Gasteiger partial charge on any atom is 0.293 e. The van der Waals surface area contributed by atoms with Gasteiger partial charge in [0.2, 0.25) is 17.8 Å². The molecule has 4 aliphatic heterocycles. The van der Waals surface area contributed by atoms with Crippen molar-refractivity contribution in [2.75, 3.05) is 57.2 Å². The van der Waals surface area contributed by atoms with E-state index in [9.17, 15) is 28.8 Å². The minimum Gasteiger partial charge on any atom is -0.492 e. The van der Waals surface area contributed by atoms with Gasteiger partial charge >= 0.3 is 0 Å². The molecule has 4 aromatic rings. The molecule has 8 rings (SSSR count). The van der Waals surface area contributed by atoms with Gasteiger partial charge < -0.3 is 34.3 Å². The van der Waals surface area contributed by atoms with Crippen LogP contribution in [0.3, 0.4) is 0 Å². The van der Waals surface area contributed by atoms with Crippen LogP contribution in [0, 0.1) is 0 Å². The van der Waals surface area contributed by atoms with Crippen LogP contribution in [0.1, 0.15) is 72.7 Å². The van der Waals surface area contributed by atoms with Gasteiger partial charge in [0.25, 0.3) is 23.3 Å². The molecule has 2 aromatic carbocycles. The minimum absolute atomic E-state index is 0.00437. The molecular weight excluding hydrogens is 822 g/mol. The molecule has 3 N–H and O–H groups in total. The number of ether oxygens (including phenoxy) is 3. The SMILES string of the molecule is CNC(=O)COc1cc2cc(Nc3nc(N4CCC(O[C@H]5C[C@H](COc6ccc7c(c6)C(=O)N(C6CCC(=O)NC6=O)C7=O)N(C)C5)CC4)ncc3Cl)ccc2n(C(C)C)c1=O. The molecule has 3 saturated heterocycles. The van der Waals surface area contributed by atoms with Crippen molar-refractivity contribution in [1.82, 2.24) is 35.0 Å². The van der Waals surface area contributed by atoms with Crippen LogP contribution in [-0.4, -0.2) is 125 Å². The van der Waals surface area contributed by atoms with E-state index in [-0.39, 0.29) is 72.1 Å². The van der Waals surface area contributed by atoms with Gasteiger partial charge in [0.05, 0.1) is 35.0 Å². The highest BCUT2D eigenvalue weighted by Gasteiger charge is 2.45. The second-order valence-electron chi connectivity index (χ2n) is 16.2. The largest absolute Gasteiger partial charge is 0.492 e. The molecule has 62 heavy (non-hydrogen) atoms. The molecule has 18 nitrogen and oxygen atoms in total. The summed E-state index contributed by atoms with van der Waals surface area (Å²) in [7, 11) is 3.53. The summed E-state index contributed by atoms with van der Waals surface area (Å²) in [4.78, 5) is 90.0. The predicted molar refractivity (Wildman–Crippen MR) is 228 cm³/mol. The van der Waals surface area contributed by atoms with E-state index in [0.29, 0.717) is 53.4 Å². The van der Waals surface area contributed by atoms with E-state index in [2.05, 4.69) is 30.7 Å². The Morgan fingerprint density at radius 2 is 1.74 bits per heavy atom. The number of hydrogen-bond acceptors (Lipinski definition) is 14. The molecule has 2 aromatic heterocycles. The Balaban J connectivity index is 0.843. The summed E-state index contributed by atoms with van der Waals surface area (Å²) < 4.78 is 20.0. The third kappa shape index (κ3) is 8.67. The molecule has 326 valence electrons. The Bertz CT molecular complexity index is 2510. The van der Waals surface area contributed by atoms with Crippen molar-refractivity contribution in [3.63, 3.8) is 0 Å². The second kappa shape index (κ2) is 17.7. The smallest absolute Gasteiger partial charge is 0.293 e. The highest BCUT2D eigenvalue weighted by Crippen LogP contribution is 2.33. The normalized spacial score (nSPS) is 20.8. The second-order valence-corrected chi connectivity index (χ2v) is 16.7. The number of pyridine rings is 1. The van der Waals surface area contributed by atoms with Crippen LogP contribution >= 0.6 is 11.6 Å². The van der Waals surface area contributed by atoms with E-state index >= 15 is 0 Å². The molecule has 5 amide bonds. The lowest BCUT2D eigenvalue weighted by Crippen LogP contribution is -2.54. The zero-order valence-electron chi connectivity index (χ0n) is 34.8. The van der Waals surface area contributed by atoms with Crippen LogP contribution in [0.4, 0.5) is 17.5 Å². The summed E-state index contributed by atoms with van der Waals surface area (Å²) in [6.07, 6.45) is 4.09. The minimum atomic E-state index is -1.03. The number of halogens is 1. The van der Waals surface area contributed by atoms with E-state index in [1.54, 1.807) is 35.0 Å². The van der Waals surface area contributed by atoms with Gasteiger partial charge in [-0.15, -0.1) is 0 Å². The molecule has 0 bridgehead atoms. The molecule has 0 radical (unpaired) electrons. The number of aromatic nitrogens is 3. The Hall–Kier alpha value is -6.11. The Labute approximate surface area is 361 Å². The van der Waals surface area contributed by atoms with Crippen LogP contribution in [0.15, 0.2) is 53.5 Å². The zero-order valence-corrected chi connectivity index (χ0v) is 35.6. The summed E-state index contributed by atoms with van der Waals surface area (Å²) >= 11 is 6.58. The first-order chi connectivity index (χ1) is 29.8. The number of hydrogen-bond donors (Lipinski definition) is 3. The monoisotopic (exact) mass is 869 g/mol. The maximum atomic E-state index is 13.3. The van der Waals surface area contributed by atoms with E-state index in [1.807, 2.05) is 39.1 Å². The van der Waals surface area contributed by atoms with Crippen molar-refractivity contribution in [3.8, 4) is 11.5 Å². The molecule has 1 unspecified atom stereocenters. The number of amides is 5. The number of carbonyl (C=O) groups is 5. The number of anilines is 3.